The fourth-order valence-corrected chi connectivity index (χ4v) is 2.26. The zero-order valence-electron chi connectivity index (χ0n) is 8.51. The summed E-state index contributed by atoms with van der Waals surface area (Å²) >= 11 is 1.37. The van der Waals surface area contributed by atoms with Gasteiger partial charge in [-0.2, -0.15) is 13.2 Å². The Bertz CT molecular complexity index is 359. The number of hydrogen-bond acceptors (Lipinski definition) is 2. The maximum Gasteiger partial charge on any atom is 0.389 e. The van der Waals surface area contributed by atoms with Crippen LogP contribution in [0.1, 0.15) is 23.3 Å². The molecule has 0 aromatic carbocycles. The molecule has 0 saturated heterocycles. The average Bonchev–Trinajstić information content (AvgIpc) is 2.57. The lowest BCUT2D eigenvalue weighted by atomic mass is 10.1. The van der Waals surface area contributed by atoms with Gasteiger partial charge in [0.15, 0.2) is 0 Å². The van der Waals surface area contributed by atoms with Crippen LogP contribution >= 0.6 is 11.3 Å². The monoisotopic (exact) mass is 251 g/mol. The van der Waals surface area contributed by atoms with E-state index in [2.05, 4.69) is 0 Å². The van der Waals surface area contributed by atoms with Crippen LogP contribution in [0.4, 0.5) is 13.2 Å². The summed E-state index contributed by atoms with van der Waals surface area (Å²) in [6, 6.07) is 1.67. The molecule has 1 heterocycles. The van der Waals surface area contributed by atoms with Gasteiger partial charge in [0.1, 0.15) is 0 Å². The van der Waals surface area contributed by atoms with Gasteiger partial charge in [0.25, 0.3) is 0 Å². The Morgan fingerprint density at radius 3 is 2.62 bits per heavy atom. The second-order valence-electron chi connectivity index (χ2n) is 3.45. The second kappa shape index (κ2) is 5.34. The highest BCUT2D eigenvalue weighted by atomic mass is 32.1. The zero-order valence-corrected chi connectivity index (χ0v) is 9.33. The molecule has 0 aliphatic heterocycles. The molecule has 0 saturated carbocycles. The SMILES string of the molecule is NC(=O)CCc1sccc1CCC(F)(F)F. The number of amides is 1. The van der Waals surface area contributed by atoms with Crippen LogP contribution in [0, 0.1) is 0 Å². The summed E-state index contributed by atoms with van der Waals surface area (Å²) in [6.45, 7) is 0. The number of halogens is 3. The van der Waals surface area contributed by atoms with Crippen LogP contribution in [0.15, 0.2) is 11.4 Å². The first-order valence-electron chi connectivity index (χ1n) is 4.79. The third-order valence-corrected chi connectivity index (χ3v) is 3.14. The zero-order chi connectivity index (χ0) is 12.2. The van der Waals surface area contributed by atoms with Crippen molar-refractivity contribution in [2.75, 3.05) is 0 Å². The van der Waals surface area contributed by atoms with E-state index in [-0.39, 0.29) is 12.8 Å². The molecule has 0 unspecified atom stereocenters. The van der Waals surface area contributed by atoms with Crippen LogP contribution in [0.25, 0.3) is 0 Å². The van der Waals surface area contributed by atoms with Gasteiger partial charge in [-0.25, -0.2) is 0 Å². The van der Waals surface area contributed by atoms with Crippen LogP contribution in [0.5, 0.6) is 0 Å². The first kappa shape index (κ1) is 13.0. The molecule has 1 aromatic rings. The first-order chi connectivity index (χ1) is 7.38. The highest BCUT2D eigenvalue weighted by molar-refractivity contribution is 7.10. The second-order valence-corrected chi connectivity index (χ2v) is 4.45. The first-order valence-corrected chi connectivity index (χ1v) is 5.67. The molecule has 1 aromatic heterocycles. The molecule has 2 N–H and O–H groups in total. The van der Waals surface area contributed by atoms with Crippen molar-refractivity contribution in [2.45, 2.75) is 31.9 Å². The third kappa shape index (κ3) is 4.65. The minimum Gasteiger partial charge on any atom is -0.370 e. The van der Waals surface area contributed by atoms with Crippen molar-refractivity contribution in [2.24, 2.45) is 5.73 Å². The maximum absolute atomic E-state index is 12.0. The van der Waals surface area contributed by atoms with E-state index in [0.717, 1.165) is 4.88 Å². The Morgan fingerprint density at radius 1 is 1.38 bits per heavy atom. The molecule has 0 radical (unpaired) electrons. The lowest BCUT2D eigenvalue weighted by molar-refractivity contribution is -0.134. The van der Waals surface area contributed by atoms with Gasteiger partial charge in [-0.3, -0.25) is 4.79 Å². The van der Waals surface area contributed by atoms with Crippen LogP contribution in [0.2, 0.25) is 0 Å². The van der Waals surface area contributed by atoms with E-state index in [9.17, 15) is 18.0 Å². The summed E-state index contributed by atoms with van der Waals surface area (Å²) in [5.74, 6) is -0.435. The molecular weight excluding hydrogens is 239 g/mol. The molecule has 2 nitrogen and oxygen atoms in total. The minimum atomic E-state index is -4.14. The van der Waals surface area contributed by atoms with Gasteiger partial charge in [0.2, 0.25) is 5.91 Å². The van der Waals surface area contributed by atoms with E-state index >= 15 is 0 Å². The summed E-state index contributed by atoms with van der Waals surface area (Å²) < 4.78 is 36.1. The normalized spacial score (nSPS) is 11.7. The number of alkyl halides is 3. The molecule has 6 heteroatoms. The van der Waals surface area contributed by atoms with Gasteiger partial charge < -0.3 is 5.73 Å². The Hall–Kier alpha value is -1.04. The number of thiophene rings is 1. The highest BCUT2D eigenvalue weighted by Gasteiger charge is 2.27. The van der Waals surface area contributed by atoms with Gasteiger partial charge in [-0.05, 0) is 29.9 Å². The van der Waals surface area contributed by atoms with Crippen molar-refractivity contribution < 1.29 is 18.0 Å². The van der Waals surface area contributed by atoms with E-state index in [1.54, 1.807) is 11.4 Å². The average molecular weight is 251 g/mol. The van der Waals surface area contributed by atoms with Crippen LogP contribution in [-0.2, 0) is 17.6 Å². The standard InChI is InChI=1S/C10H12F3NOS/c11-10(12,13)5-3-7-4-6-16-8(7)1-2-9(14)15/h4,6H,1-3,5H2,(H2,14,15). The molecule has 1 amide bonds. The third-order valence-electron chi connectivity index (χ3n) is 2.11. The van der Waals surface area contributed by atoms with Crippen molar-refractivity contribution in [3.05, 3.63) is 21.9 Å². The number of nitrogens with two attached hydrogens (primary N) is 1. The van der Waals surface area contributed by atoms with Crippen LogP contribution in [0.3, 0.4) is 0 Å². The number of rotatable bonds is 5. The molecule has 1 rings (SSSR count). The molecule has 0 atom stereocenters. The Balaban J connectivity index is 2.53. The summed E-state index contributed by atoms with van der Waals surface area (Å²) in [7, 11) is 0. The van der Waals surface area contributed by atoms with E-state index in [1.165, 1.54) is 11.3 Å². The quantitative estimate of drug-likeness (QED) is 0.859. The van der Waals surface area contributed by atoms with Crippen LogP contribution < -0.4 is 5.73 Å². The van der Waals surface area contributed by atoms with E-state index in [0.29, 0.717) is 12.0 Å². The summed E-state index contributed by atoms with van der Waals surface area (Å²) in [5.41, 5.74) is 5.66. The van der Waals surface area contributed by atoms with Gasteiger partial charge in [-0.1, -0.05) is 0 Å². The molecule has 90 valence electrons. The lowest BCUT2D eigenvalue weighted by Gasteiger charge is -2.06. The number of hydrogen-bond donors (Lipinski definition) is 1. The van der Waals surface area contributed by atoms with Gasteiger partial charge in [0, 0.05) is 17.7 Å². The highest BCUT2D eigenvalue weighted by Crippen LogP contribution is 2.26. The fraction of sp³-hybridized carbons (Fsp3) is 0.500. The molecule has 0 aliphatic rings. The van der Waals surface area contributed by atoms with Gasteiger partial charge in [-0.15, -0.1) is 11.3 Å². The number of primary amides is 1. The van der Waals surface area contributed by atoms with Crippen molar-refractivity contribution in [1.82, 2.24) is 0 Å². The molecule has 0 bridgehead atoms. The van der Waals surface area contributed by atoms with Crippen molar-refractivity contribution >= 4 is 17.2 Å². The summed E-state index contributed by atoms with van der Waals surface area (Å²) in [5, 5.41) is 1.74. The molecule has 0 aliphatic carbocycles. The predicted molar refractivity (Wildman–Crippen MR) is 56.2 cm³/mol. The van der Waals surface area contributed by atoms with Gasteiger partial charge in [0.05, 0.1) is 0 Å². The Labute approximate surface area is 95.3 Å². The van der Waals surface area contributed by atoms with Crippen molar-refractivity contribution in [1.29, 1.82) is 0 Å². The molecule has 0 spiro atoms. The smallest absolute Gasteiger partial charge is 0.370 e. The largest absolute Gasteiger partial charge is 0.389 e. The van der Waals surface area contributed by atoms with E-state index in [1.807, 2.05) is 0 Å². The van der Waals surface area contributed by atoms with E-state index in [4.69, 9.17) is 5.73 Å². The molecule has 16 heavy (non-hydrogen) atoms. The fourth-order valence-electron chi connectivity index (χ4n) is 1.32. The van der Waals surface area contributed by atoms with E-state index < -0.39 is 18.5 Å². The van der Waals surface area contributed by atoms with Crippen LogP contribution in [-0.4, -0.2) is 12.1 Å². The maximum atomic E-state index is 12.0. The lowest BCUT2D eigenvalue weighted by Crippen LogP contribution is -2.12. The number of carbonyl (C=O) groups excluding carboxylic acids is 1. The Morgan fingerprint density at radius 2 is 2.06 bits per heavy atom. The number of aryl methyl sites for hydroxylation is 2. The topological polar surface area (TPSA) is 43.1 Å². The van der Waals surface area contributed by atoms with Crippen molar-refractivity contribution in [3.63, 3.8) is 0 Å². The van der Waals surface area contributed by atoms with Gasteiger partial charge >= 0.3 is 6.18 Å². The summed E-state index contributed by atoms with van der Waals surface area (Å²) in [6.07, 6.45) is -4.38. The molecule has 0 fully saturated rings. The summed E-state index contributed by atoms with van der Waals surface area (Å²) in [4.78, 5) is 11.4. The predicted octanol–water partition coefficient (Wildman–Crippen LogP) is 2.66. The number of carbonyl (C=O) groups is 1. The van der Waals surface area contributed by atoms with Crippen molar-refractivity contribution in [3.8, 4) is 0 Å². The minimum absolute atomic E-state index is 0.0267. The Kier molecular flexibility index (Phi) is 4.35. The molecular formula is C10H12F3NOS.